The van der Waals surface area contributed by atoms with Gasteiger partial charge in [-0.3, -0.25) is 14.4 Å². The van der Waals surface area contributed by atoms with Crippen LogP contribution in [0.15, 0.2) is 34.3 Å². The van der Waals surface area contributed by atoms with Crippen LogP contribution in [0, 0.1) is 0 Å². The number of hydrogen-bond acceptors (Lipinski definition) is 6. The molecule has 2 rings (SSSR count). The van der Waals surface area contributed by atoms with Crippen molar-refractivity contribution in [2.45, 2.75) is 11.9 Å². The maximum atomic E-state index is 12.5. The number of nitrogens with zero attached hydrogens (tertiary/aromatic N) is 1. The molecule has 0 aliphatic carbocycles. The summed E-state index contributed by atoms with van der Waals surface area (Å²) in [6, 6.07) is 6.55. The van der Waals surface area contributed by atoms with E-state index in [1.807, 2.05) is 6.92 Å². The number of nitrogens with one attached hydrogen (secondary N) is 2. The molecule has 0 fully saturated rings. The summed E-state index contributed by atoms with van der Waals surface area (Å²) in [5, 5.41) is 3.48. The minimum atomic E-state index is -0.857. The molecule has 1 heterocycles. The Morgan fingerprint density at radius 1 is 1.18 bits per heavy atom. The molecule has 11 heteroatoms. The number of carbonyl (C=O) groups excluding carboxylic acids is 3. The first kappa shape index (κ1) is 21.9. The highest BCUT2D eigenvalue weighted by atomic mass is 35.5. The van der Waals surface area contributed by atoms with Gasteiger partial charge in [-0.2, -0.15) is 0 Å². The van der Waals surface area contributed by atoms with E-state index in [0.29, 0.717) is 10.8 Å². The third kappa shape index (κ3) is 4.89. The van der Waals surface area contributed by atoms with E-state index in [1.54, 1.807) is 30.5 Å². The summed E-state index contributed by atoms with van der Waals surface area (Å²) < 4.78 is 0. The first-order chi connectivity index (χ1) is 13.3. The molecule has 0 radical (unpaired) electrons. The van der Waals surface area contributed by atoms with Crippen molar-refractivity contribution in [3.05, 3.63) is 46.0 Å². The third-order valence-electron chi connectivity index (χ3n) is 3.47. The Morgan fingerprint density at radius 3 is 2.36 bits per heavy atom. The molecule has 148 valence electrons. The average Bonchev–Trinajstić information content (AvgIpc) is 3.00. The molecule has 1 aromatic heterocycles. The number of benzene rings is 1. The number of rotatable bonds is 6. The first-order valence-electron chi connectivity index (χ1n) is 7.97. The summed E-state index contributed by atoms with van der Waals surface area (Å²) in [6.07, 6.45) is 1.69. The predicted molar refractivity (Wildman–Crippen MR) is 114 cm³/mol. The van der Waals surface area contributed by atoms with Crippen molar-refractivity contribution in [3.8, 4) is 0 Å². The van der Waals surface area contributed by atoms with Gasteiger partial charge in [0.15, 0.2) is 5.17 Å². The zero-order valence-corrected chi connectivity index (χ0v) is 17.4. The van der Waals surface area contributed by atoms with Crippen LogP contribution in [0.2, 0.25) is 5.02 Å². The Bertz CT molecular complexity index is 958. The van der Waals surface area contributed by atoms with Gasteiger partial charge in [0.2, 0.25) is 0 Å². The van der Waals surface area contributed by atoms with Gasteiger partial charge in [-0.25, -0.2) is 4.99 Å². The van der Waals surface area contributed by atoms with Crippen LogP contribution in [-0.4, -0.2) is 39.9 Å². The fraction of sp³-hybridized carbons (Fsp3) is 0.176. The van der Waals surface area contributed by atoms with Crippen molar-refractivity contribution in [1.82, 2.24) is 10.3 Å². The van der Waals surface area contributed by atoms with Gasteiger partial charge in [-0.05, 0) is 24.1 Å². The minimum Gasteiger partial charge on any atom is -0.365 e. The number of aromatic nitrogens is 1. The largest absolute Gasteiger partial charge is 0.365 e. The van der Waals surface area contributed by atoms with E-state index in [0.717, 1.165) is 11.8 Å². The molecule has 0 bridgehead atoms. The lowest BCUT2D eigenvalue weighted by Crippen LogP contribution is -2.28. The van der Waals surface area contributed by atoms with Crippen molar-refractivity contribution in [2.75, 3.05) is 12.0 Å². The summed E-state index contributed by atoms with van der Waals surface area (Å²) in [4.78, 5) is 43.4. The number of H-pyrrole nitrogens is 1. The molecule has 28 heavy (non-hydrogen) atoms. The van der Waals surface area contributed by atoms with E-state index in [1.165, 1.54) is 11.8 Å². The second-order valence-electron chi connectivity index (χ2n) is 5.27. The van der Waals surface area contributed by atoms with E-state index < -0.39 is 17.7 Å². The molecule has 1 aromatic carbocycles. The highest BCUT2D eigenvalue weighted by molar-refractivity contribution is 8.13. The lowest BCUT2D eigenvalue weighted by molar-refractivity contribution is 0.0966. The predicted octanol–water partition coefficient (Wildman–Crippen LogP) is 2.76. The van der Waals surface area contributed by atoms with Gasteiger partial charge in [0.1, 0.15) is 5.82 Å². The number of halogens is 1. The van der Waals surface area contributed by atoms with Crippen LogP contribution in [0.5, 0.6) is 0 Å². The zero-order chi connectivity index (χ0) is 20.8. The van der Waals surface area contributed by atoms with Crippen LogP contribution in [0.25, 0.3) is 0 Å². The smallest absolute Gasteiger partial charge is 0.258 e. The molecule has 0 atom stereocenters. The number of nitrogens with two attached hydrogens (primary N) is 2. The molecule has 0 aliphatic rings. The average molecular weight is 440 g/mol. The van der Waals surface area contributed by atoms with Crippen molar-refractivity contribution in [2.24, 2.45) is 16.5 Å². The SMILES string of the molecule is CCSc1[nH]c(/N=C(/NC(=O)c2ccccc2Cl)SC)c(C(N)=O)c1C(N)=O. The molecule has 3 amide bonds. The molecular formula is C17H18ClN5O3S2. The monoisotopic (exact) mass is 439 g/mol. The van der Waals surface area contributed by atoms with Gasteiger partial charge in [-0.1, -0.05) is 42.4 Å². The van der Waals surface area contributed by atoms with E-state index in [4.69, 9.17) is 23.1 Å². The second-order valence-corrected chi connectivity index (χ2v) is 7.75. The Morgan fingerprint density at radius 2 is 1.82 bits per heavy atom. The van der Waals surface area contributed by atoms with Crippen LogP contribution in [0.4, 0.5) is 5.82 Å². The van der Waals surface area contributed by atoms with Gasteiger partial charge in [0.25, 0.3) is 17.7 Å². The Hall–Kier alpha value is -2.43. The maximum absolute atomic E-state index is 12.5. The molecule has 0 spiro atoms. The van der Waals surface area contributed by atoms with Gasteiger partial charge in [0, 0.05) is 0 Å². The lowest BCUT2D eigenvalue weighted by Gasteiger charge is -2.07. The van der Waals surface area contributed by atoms with Crippen molar-refractivity contribution in [3.63, 3.8) is 0 Å². The topological polar surface area (TPSA) is 143 Å². The van der Waals surface area contributed by atoms with Gasteiger partial charge >= 0.3 is 0 Å². The second kappa shape index (κ2) is 9.67. The number of thioether (sulfide) groups is 2. The Balaban J connectivity index is 2.47. The highest BCUT2D eigenvalue weighted by Crippen LogP contribution is 2.32. The highest BCUT2D eigenvalue weighted by Gasteiger charge is 2.26. The normalized spacial score (nSPS) is 11.3. The molecule has 8 nitrogen and oxygen atoms in total. The van der Waals surface area contributed by atoms with Crippen LogP contribution < -0.4 is 16.8 Å². The standard InChI is InChI=1S/C17H18ClN5O3S2/c1-3-28-16-11(13(20)25)10(12(19)24)14(21-16)22-17(27-2)23-15(26)8-6-4-5-7-9(8)18/h4-7,21H,3H2,1-2H3,(H2,19,24)(H2,20,25)(H,22,23,26). The molecule has 0 saturated heterocycles. The number of aliphatic imine (C=N–C) groups is 1. The maximum Gasteiger partial charge on any atom is 0.258 e. The van der Waals surface area contributed by atoms with Crippen molar-refractivity contribution >= 4 is 63.8 Å². The number of amidine groups is 1. The van der Waals surface area contributed by atoms with Crippen LogP contribution in [0.1, 0.15) is 38.0 Å². The van der Waals surface area contributed by atoms with Crippen LogP contribution in [0.3, 0.4) is 0 Å². The number of hydrogen-bond donors (Lipinski definition) is 4. The quantitative estimate of drug-likeness (QED) is 0.311. The Kier molecular flexibility index (Phi) is 7.55. The van der Waals surface area contributed by atoms with Crippen LogP contribution in [-0.2, 0) is 0 Å². The van der Waals surface area contributed by atoms with E-state index in [9.17, 15) is 14.4 Å². The summed E-state index contributed by atoms with van der Waals surface area (Å²) in [5.74, 6) is -1.45. The van der Waals surface area contributed by atoms with Crippen molar-refractivity contribution in [1.29, 1.82) is 0 Å². The van der Waals surface area contributed by atoms with Gasteiger partial charge < -0.3 is 21.8 Å². The van der Waals surface area contributed by atoms with Gasteiger partial charge in [0.05, 0.1) is 26.7 Å². The number of carbonyl (C=O) groups is 3. The van der Waals surface area contributed by atoms with Crippen molar-refractivity contribution < 1.29 is 14.4 Å². The fourth-order valence-electron chi connectivity index (χ4n) is 2.31. The summed E-state index contributed by atoms with van der Waals surface area (Å²) in [5.41, 5.74) is 11.0. The molecule has 0 aliphatic heterocycles. The number of aromatic amines is 1. The van der Waals surface area contributed by atoms with E-state index in [-0.39, 0.29) is 32.7 Å². The third-order valence-corrected chi connectivity index (χ3v) is 5.27. The molecule has 0 saturated carbocycles. The Labute approximate surface area is 174 Å². The summed E-state index contributed by atoms with van der Waals surface area (Å²) >= 11 is 8.45. The zero-order valence-electron chi connectivity index (χ0n) is 15.0. The van der Waals surface area contributed by atoms with Crippen LogP contribution >= 0.6 is 35.1 Å². The summed E-state index contributed by atoms with van der Waals surface area (Å²) in [6.45, 7) is 1.88. The molecular weight excluding hydrogens is 422 g/mol. The molecule has 2 aromatic rings. The minimum absolute atomic E-state index is 0.0176. The molecule has 0 unspecified atom stereocenters. The first-order valence-corrected chi connectivity index (χ1v) is 10.6. The fourth-order valence-corrected chi connectivity index (χ4v) is 3.72. The lowest BCUT2D eigenvalue weighted by atomic mass is 10.1. The molecule has 6 N–H and O–H groups in total. The number of primary amides is 2. The van der Waals surface area contributed by atoms with E-state index in [2.05, 4.69) is 15.3 Å². The van der Waals surface area contributed by atoms with Gasteiger partial charge in [-0.15, -0.1) is 11.8 Å². The summed E-state index contributed by atoms with van der Waals surface area (Å²) in [7, 11) is 0. The number of amides is 3. The van der Waals surface area contributed by atoms with E-state index >= 15 is 0 Å².